The number of carbonyl (C=O) groups is 1. The first-order chi connectivity index (χ1) is 13.3. The minimum atomic E-state index is -0.795. The van der Waals surface area contributed by atoms with Crippen LogP contribution < -0.4 is 11.4 Å². The van der Waals surface area contributed by atoms with Crippen LogP contribution >= 0.6 is 23.2 Å². The van der Waals surface area contributed by atoms with Crippen molar-refractivity contribution in [1.82, 2.24) is 19.5 Å². The lowest BCUT2D eigenvalue weighted by atomic mass is 10.2. The van der Waals surface area contributed by atoms with Gasteiger partial charge in [0.2, 0.25) is 0 Å². The molecule has 28 heavy (non-hydrogen) atoms. The number of aromatic amines is 1. The monoisotopic (exact) mass is 413 g/mol. The van der Waals surface area contributed by atoms with Gasteiger partial charge in [-0.25, -0.2) is 19.3 Å². The summed E-state index contributed by atoms with van der Waals surface area (Å²) in [5.41, 5.74) is 7.39. The third kappa shape index (κ3) is 3.04. The highest BCUT2D eigenvalue weighted by Crippen LogP contribution is 2.29. The van der Waals surface area contributed by atoms with E-state index in [1.54, 1.807) is 30.3 Å². The van der Waals surface area contributed by atoms with Crippen LogP contribution in [0, 0.1) is 6.92 Å². The van der Waals surface area contributed by atoms with E-state index in [9.17, 15) is 9.59 Å². The van der Waals surface area contributed by atoms with Crippen molar-refractivity contribution >= 4 is 40.3 Å². The minimum absolute atomic E-state index is 0.103. The van der Waals surface area contributed by atoms with Crippen molar-refractivity contribution in [3.05, 3.63) is 74.3 Å². The van der Waals surface area contributed by atoms with Gasteiger partial charge >= 0.3 is 5.69 Å². The summed E-state index contributed by atoms with van der Waals surface area (Å²) in [5.74, 6) is -0.640. The van der Waals surface area contributed by atoms with Crippen LogP contribution in [0.5, 0.6) is 0 Å². The molecule has 0 radical (unpaired) electrons. The summed E-state index contributed by atoms with van der Waals surface area (Å²) in [6.45, 7) is 1.94. The fraction of sp³-hybridized carbons (Fsp3) is 0.0526. The molecule has 4 rings (SSSR count). The molecule has 0 bridgehead atoms. The van der Waals surface area contributed by atoms with E-state index in [1.807, 2.05) is 19.1 Å². The highest BCUT2D eigenvalue weighted by atomic mass is 35.5. The molecular formula is C19H13Cl2N5O2. The number of fused-ring (bicyclic) bond motifs is 1. The number of H-pyrrole nitrogens is 1. The number of amides is 1. The van der Waals surface area contributed by atoms with Gasteiger partial charge in [-0.1, -0.05) is 40.9 Å². The number of nitrogens with one attached hydrogen (secondary N) is 1. The fourth-order valence-electron chi connectivity index (χ4n) is 2.89. The molecule has 0 unspecified atom stereocenters. The molecule has 2 aromatic heterocycles. The zero-order valence-electron chi connectivity index (χ0n) is 14.5. The van der Waals surface area contributed by atoms with Crippen LogP contribution in [0.1, 0.15) is 16.1 Å². The van der Waals surface area contributed by atoms with Crippen molar-refractivity contribution < 1.29 is 4.79 Å². The van der Waals surface area contributed by atoms with Crippen molar-refractivity contribution in [2.45, 2.75) is 6.92 Å². The van der Waals surface area contributed by atoms with Crippen molar-refractivity contribution in [1.29, 1.82) is 0 Å². The van der Waals surface area contributed by atoms with Crippen LogP contribution in [0.15, 0.2) is 47.3 Å². The number of hydrogen-bond donors (Lipinski definition) is 2. The van der Waals surface area contributed by atoms with Crippen LogP contribution in [0.4, 0.5) is 0 Å². The number of nitrogens with zero attached hydrogens (tertiary/aromatic N) is 3. The quantitative estimate of drug-likeness (QED) is 0.535. The molecule has 9 heteroatoms. The van der Waals surface area contributed by atoms with Crippen LogP contribution in [-0.4, -0.2) is 25.4 Å². The zero-order chi connectivity index (χ0) is 20.0. The molecule has 4 aromatic rings. The Balaban J connectivity index is 2.06. The Morgan fingerprint density at radius 1 is 1.11 bits per heavy atom. The number of benzene rings is 2. The number of carbonyl (C=O) groups excluding carboxylic acids is 1. The van der Waals surface area contributed by atoms with Crippen LogP contribution in [0.25, 0.3) is 28.2 Å². The van der Waals surface area contributed by atoms with Crippen molar-refractivity contribution in [2.24, 2.45) is 5.73 Å². The first kappa shape index (κ1) is 18.2. The fourth-order valence-corrected chi connectivity index (χ4v) is 3.38. The summed E-state index contributed by atoms with van der Waals surface area (Å²) in [6.07, 6.45) is 0. The number of aromatic nitrogens is 4. The summed E-state index contributed by atoms with van der Waals surface area (Å²) in [6, 6.07) is 12.1. The number of hydrogen-bond acceptors (Lipinski definition) is 4. The summed E-state index contributed by atoms with van der Waals surface area (Å²) in [5, 5.41) is 0.755. The molecule has 0 saturated carbocycles. The lowest BCUT2D eigenvalue weighted by molar-refractivity contribution is 0.0997. The maximum absolute atomic E-state index is 12.6. The van der Waals surface area contributed by atoms with Gasteiger partial charge in [0, 0.05) is 10.6 Å². The van der Waals surface area contributed by atoms with Gasteiger partial charge in [-0.3, -0.25) is 4.79 Å². The summed E-state index contributed by atoms with van der Waals surface area (Å²) >= 11 is 12.2. The van der Waals surface area contributed by atoms with Gasteiger partial charge in [0.25, 0.3) is 5.91 Å². The molecule has 0 fully saturated rings. The Labute approximate surface area is 168 Å². The molecular weight excluding hydrogens is 401 g/mol. The maximum Gasteiger partial charge on any atom is 0.332 e. The van der Waals surface area contributed by atoms with Gasteiger partial charge in [0.05, 0.1) is 10.7 Å². The second-order valence-corrected chi connectivity index (χ2v) is 7.03. The number of primary amides is 1. The third-order valence-corrected chi connectivity index (χ3v) is 4.78. The molecule has 2 aromatic carbocycles. The molecule has 0 aliphatic rings. The molecule has 3 N–H and O–H groups in total. The van der Waals surface area contributed by atoms with Crippen molar-refractivity contribution in [3.63, 3.8) is 0 Å². The van der Waals surface area contributed by atoms with Crippen LogP contribution in [-0.2, 0) is 0 Å². The van der Waals surface area contributed by atoms with E-state index in [4.69, 9.17) is 28.9 Å². The number of imidazole rings is 1. The van der Waals surface area contributed by atoms with Gasteiger partial charge in [0.15, 0.2) is 17.2 Å². The normalized spacial score (nSPS) is 11.1. The maximum atomic E-state index is 12.6. The second-order valence-electron chi connectivity index (χ2n) is 6.18. The van der Waals surface area contributed by atoms with E-state index >= 15 is 0 Å². The van der Waals surface area contributed by atoms with E-state index in [0.717, 1.165) is 5.56 Å². The third-order valence-electron chi connectivity index (χ3n) is 4.23. The largest absolute Gasteiger partial charge is 0.364 e. The summed E-state index contributed by atoms with van der Waals surface area (Å²) in [7, 11) is 0. The highest BCUT2D eigenvalue weighted by Gasteiger charge is 2.21. The van der Waals surface area contributed by atoms with Gasteiger partial charge in [0.1, 0.15) is 5.52 Å². The molecule has 0 aliphatic carbocycles. The van der Waals surface area contributed by atoms with E-state index in [2.05, 4.69) is 15.0 Å². The van der Waals surface area contributed by atoms with Gasteiger partial charge < -0.3 is 10.7 Å². The van der Waals surface area contributed by atoms with Crippen LogP contribution in [0.2, 0.25) is 10.0 Å². The number of nitrogens with two attached hydrogens (primary N) is 1. The van der Waals surface area contributed by atoms with Gasteiger partial charge in [-0.15, -0.1) is 0 Å². The molecule has 0 atom stereocenters. The Morgan fingerprint density at radius 3 is 2.46 bits per heavy atom. The highest BCUT2D eigenvalue weighted by molar-refractivity contribution is 6.36. The Hall–Kier alpha value is -3.16. The lowest BCUT2D eigenvalue weighted by Gasteiger charge is -2.08. The van der Waals surface area contributed by atoms with E-state index < -0.39 is 11.6 Å². The lowest BCUT2D eigenvalue weighted by Crippen LogP contribution is -2.15. The summed E-state index contributed by atoms with van der Waals surface area (Å²) in [4.78, 5) is 35.9. The molecule has 7 nitrogen and oxygen atoms in total. The molecule has 140 valence electrons. The number of aryl methyl sites for hydroxylation is 1. The number of rotatable bonds is 3. The summed E-state index contributed by atoms with van der Waals surface area (Å²) < 4.78 is 1.36. The first-order valence-electron chi connectivity index (χ1n) is 8.20. The SMILES string of the molecule is Cc1ccc(-n2c(=O)[nH]c3c(C(N)=O)nc(-c4ccc(Cl)cc4Cl)nc32)cc1. The van der Waals surface area contributed by atoms with E-state index in [1.165, 1.54) is 4.57 Å². The van der Waals surface area contributed by atoms with Crippen molar-refractivity contribution in [3.8, 4) is 17.1 Å². The van der Waals surface area contributed by atoms with Crippen LogP contribution in [0.3, 0.4) is 0 Å². The van der Waals surface area contributed by atoms with Crippen molar-refractivity contribution in [2.75, 3.05) is 0 Å². The topological polar surface area (TPSA) is 107 Å². The van der Waals surface area contributed by atoms with Gasteiger partial charge in [-0.2, -0.15) is 0 Å². The average molecular weight is 414 g/mol. The zero-order valence-corrected chi connectivity index (χ0v) is 16.0. The molecule has 0 spiro atoms. The van der Waals surface area contributed by atoms with E-state index in [-0.39, 0.29) is 22.7 Å². The Morgan fingerprint density at radius 2 is 1.82 bits per heavy atom. The predicted octanol–water partition coefficient (Wildman–Crippen LogP) is 3.49. The molecule has 0 saturated heterocycles. The average Bonchev–Trinajstić information content (AvgIpc) is 2.97. The predicted molar refractivity (Wildman–Crippen MR) is 108 cm³/mol. The number of halogens is 2. The standard InChI is InChI=1S/C19H13Cl2N5O2/c1-9-2-5-11(6-3-9)26-18-15(24-19(26)28)14(16(22)27)23-17(25-18)12-7-4-10(20)8-13(12)21/h2-8H,1H3,(H2,22,27)(H,24,28). The molecule has 1 amide bonds. The molecule has 0 aliphatic heterocycles. The Kier molecular flexibility index (Phi) is 4.41. The van der Waals surface area contributed by atoms with E-state index in [0.29, 0.717) is 21.3 Å². The smallest absolute Gasteiger partial charge is 0.332 e. The second kappa shape index (κ2) is 6.78. The molecule has 2 heterocycles. The first-order valence-corrected chi connectivity index (χ1v) is 8.96. The minimum Gasteiger partial charge on any atom is -0.364 e. The van der Waals surface area contributed by atoms with Gasteiger partial charge in [-0.05, 0) is 37.3 Å². The Bertz CT molecular complexity index is 1290.